The van der Waals surface area contributed by atoms with Gasteiger partial charge in [-0.3, -0.25) is 14.5 Å². The van der Waals surface area contributed by atoms with Gasteiger partial charge in [0.25, 0.3) is 0 Å². The molecule has 1 aromatic carbocycles. The molecule has 0 radical (unpaired) electrons. The number of ketones is 1. The van der Waals surface area contributed by atoms with Crippen LogP contribution in [-0.4, -0.2) is 42.3 Å². The van der Waals surface area contributed by atoms with Gasteiger partial charge in [-0.2, -0.15) is 0 Å². The third kappa shape index (κ3) is 2.86. The highest BCUT2D eigenvalue weighted by Gasteiger charge is 2.38. The SMILES string of the molecule is CC(=O)C1CCN(C2CCN(c3ccccc3)C2=O)CC1. The van der Waals surface area contributed by atoms with Crippen molar-refractivity contribution in [2.75, 3.05) is 24.5 Å². The van der Waals surface area contributed by atoms with E-state index in [2.05, 4.69) is 4.90 Å². The fraction of sp³-hybridized carbons (Fsp3) is 0.529. The average molecular weight is 286 g/mol. The van der Waals surface area contributed by atoms with Crippen LogP contribution in [-0.2, 0) is 9.59 Å². The summed E-state index contributed by atoms with van der Waals surface area (Å²) in [6, 6.07) is 9.87. The summed E-state index contributed by atoms with van der Waals surface area (Å²) in [5.74, 6) is 0.698. The van der Waals surface area contributed by atoms with Crippen molar-refractivity contribution in [2.24, 2.45) is 5.92 Å². The first-order chi connectivity index (χ1) is 10.2. The van der Waals surface area contributed by atoms with Gasteiger partial charge in [0.15, 0.2) is 0 Å². The van der Waals surface area contributed by atoms with Crippen molar-refractivity contribution < 1.29 is 9.59 Å². The lowest BCUT2D eigenvalue weighted by molar-refractivity contribution is -0.124. The minimum Gasteiger partial charge on any atom is -0.311 e. The Morgan fingerprint density at radius 2 is 1.71 bits per heavy atom. The Balaban J connectivity index is 1.64. The van der Waals surface area contributed by atoms with Crippen LogP contribution in [0.25, 0.3) is 0 Å². The molecule has 2 heterocycles. The molecule has 2 aliphatic rings. The fourth-order valence-corrected chi connectivity index (χ4v) is 3.49. The van der Waals surface area contributed by atoms with Crippen LogP contribution in [0.5, 0.6) is 0 Å². The second-order valence-electron chi connectivity index (χ2n) is 6.05. The van der Waals surface area contributed by atoms with Crippen LogP contribution in [0.4, 0.5) is 5.69 Å². The zero-order chi connectivity index (χ0) is 14.8. The van der Waals surface area contributed by atoms with Crippen LogP contribution in [0.2, 0.25) is 0 Å². The van der Waals surface area contributed by atoms with Gasteiger partial charge in [-0.05, 0) is 51.4 Å². The molecule has 112 valence electrons. The van der Waals surface area contributed by atoms with Crippen molar-refractivity contribution >= 4 is 17.4 Å². The Morgan fingerprint density at radius 3 is 2.33 bits per heavy atom. The first-order valence-corrected chi connectivity index (χ1v) is 7.78. The first kappa shape index (κ1) is 14.3. The third-order valence-corrected chi connectivity index (χ3v) is 4.79. The fourth-order valence-electron chi connectivity index (χ4n) is 3.49. The number of benzene rings is 1. The molecular weight excluding hydrogens is 264 g/mol. The quantitative estimate of drug-likeness (QED) is 0.854. The molecule has 3 rings (SSSR count). The summed E-state index contributed by atoms with van der Waals surface area (Å²) in [5, 5.41) is 0. The van der Waals surface area contributed by atoms with Gasteiger partial charge in [-0.25, -0.2) is 0 Å². The van der Waals surface area contributed by atoms with Crippen molar-refractivity contribution in [3.8, 4) is 0 Å². The molecule has 1 unspecified atom stereocenters. The van der Waals surface area contributed by atoms with Crippen molar-refractivity contribution in [1.82, 2.24) is 4.90 Å². The van der Waals surface area contributed by atoms with E-state index in [-0.39, 0.29) is 17.9 Å². The van der Waals surface area contributed by atoms with E-state index in [1.54, 1.807) is 6.92 Å². The molecule has 0 saturated carbocycles. The lowest BCUT2D eigenvalue weighted by atomic mass is 9.92. The van der Waals surface area contributed by atoms with Gasteiger partial charge >= 0.3 is 0 Å². The van der Waals surface area contributed by atoms with E-state index >= 15 is 0 Å². The van der Waals surface area contributed by atoms with E-state index in [1.807, 2.05) is 35.2 Å². The van der Waals surface area contributed by atoms with E-state index in [0.29, 0.717) is 5.78 Å². The van der Waals surface area contributed by atoms with Crippen LogP contribution in [0.1, 0.15) is 26.2 Å². The van der Waals surface area contributed by atoms with Gasteiger partial charge in [0.05, 0.1) is 6.04 Å². The minimum absolute atomic E-state index is 0.00175. The van der Waals surface area contributed by atoms with Gasteiger partial charge < -0.3 is 4.90 Å². The van der Waals surface area contributed by atoms with E-state index in [0.717, 1.165) is 44.6 Å². The number of hydrogen-bond donors (Lipinski definition) is 0. The molecule has 21 heavy (non-hydrogen) atoms. The lowest BCUT2D eigenvalue weighted by Crippen LogP contribution is -2.46. The largest absolute Gasteiger partial charge is 0.311 e. The summed E-state index contributed by atoms with van der Waals surface area (Å²) >= 11 is 0. The second-order valence-corrected chi connectivity index (χ2v) is 6.05. The van der Waals surface area contributed by atoms with Crippen molar-refractivity contribution in [2.45, 2.75) is 32.2 Å². The summed E-state index contributed by atoms with van der Waals surface area (Å²) < 4.78 is 0. The van der Waals surface area contributed by atoms with E-state index in [1.165, 1.54) is 0 Å². The number of hydrogen-bond acceptors (Lipinski definition) is 3. The predicted molar refractivity (Wildman–Crippen MR) is 82.2 cm³/mol. The number of nitrogens with zero attached hydrogens (tertiary/aromatic N) is 2. The van der Waals surface area contributed by atoms with E-state index in [9.17, 15) is 9.59 Å². The van der Waals surface area contributed by atoms with Crippen LogP contribution in [0, 0.1) is 5.92 Å². The number of piperidine rings is 1. The zero-order valence-corrected chi connectivity index (χ0v) is 12.5. The number of anilines is 1. The molecule has 1 amide bonds. The van der Waals surface area contributed by atoms with Gasteiger partial charge in [-0.1, -0.05) is 18.2 Å². The van der Waals surface area contributed by atoms with E-state index in [4.69, 9.17) is 0 Å². The van der Waals surface area contributed by atoms with Crippen LogP contribution < -0.4 is 4.90 Å². The molecule has 0 aromatic heterocycles. The Labute approximate surface area is 125 Å². The van der Waals surface area contributed by atoms with Gasteiger partial charge in [0, 0.05) is 18.2 Å². The number of carbonyl (C=O) groups excluding carboxylic acids is 2. The van der Waals surface area contributed by atoms with Crippen molar-refractivity contribution in [3.05, 3.63) is 30.3 Å². The molecule has 2 saturated heterocycles. The van der Waals surface area contributed by atoms with Gasteiger partial charge in [-0.15, -0.1) is 0 Å². The van der Waals surface area contributed by atoms with Crippen LogP contribution in [0.3, 0.4) is 0 Å². The Kier molecular flexibility index (Phi) is 4.06. The lowest BCUT2D eigenvalue weighted by Gasteiger charge is -2.34. The van der Waals surface area contributed by atoms with E-state index < -0.39 is 0 Å². The molecule has 4 heteroatoms. The zero-order valence-electron chi connectivity index (χ0n) is 12.5. The molecule has 0 N–H and O–H groups in total. The summed E-state index contributed by atoms with van der Waals surface area (Å²) in [4.78, 5) is 28.2. The number of likely N-dealkylation sites (tertiary alicyclic amines) is 1. The summed E-state index contributed by atoms with van der Waals surface area (Å²) in [6.45, 7) is 4.20. The molecule has 0 aliphatic carbocycles. The normalized spacial score (nSPS) is 24.5. The smallest absolute Gasteiger partial charge is 0.244 e. The van der Waals surface area contributed by atoms with Gasteiger partial charge in [0.1, 0.15) is 5.78 Å². The average Bonchev–Trinajstić information content (AvgIpc) is 2.90. The number of Topliss-reactive ketones (excluding diaryl/α,β-unsaturated/α-hetero) is 1. The summed E-state index contributed by atoms with van der Waals surface area (Å²) in [7, 11) is 0. The monoisotopic (exact) mass is 286 g/mol. The number of carbonyl (C=O) groups is 2. The molecular formula is C17H22N2O2. The molecule has 1 atom stereocenters. The van der Waals surface area contributed by atoms with Crippen LogP contribution in [0.15, 0.2) is 30.3 Å². The van der Waals surface area contributed by atoms with Crippen molar-refractivity contribution in [1.29, 1.82) is 0 Å². The molecule has 2 aliphatic heterocycles. The molecule has 2 fully saturated rings. The maximum Gasteiger partial charge on any atom is 0.244 e. The standard InChI is InChI=1S/C17H22N2O2/c1-13(20)14-7-10-18(11-8-14)16-9-12-19(17(16)21)15-5-3-2-4-6-15/h2-6,14,16H,7-12H2,1H3. The highest BCUT2D eigenvalue weighted by atomic mass is 16.2. The second kappa shape index (κ2) is 5.98. The van der Waals surface area contributed by atoms with Crippen molar-refractivity contribution in [3.63, 3.8) is 0 Å². The van der Waals surface area contributed by atoms with Gasteiger partial charge in [0.2, 0.25) is 5.91 Å². The number of para-hydroxylation sites is 1. The highest BCUT2D eigenvalue weighted by Crippen LogP contribution is 2.27. The number of amides is 1. The molecule has 0 spiro atoms. The number of rotatable bonds is 3. The Hall–Kier alpha value is -1.68. The Bertz CT molecular complexity index is 521. The maximum atomic E-state index is 12.6. The molecule has 0 bridgehead atoms. The molecule has 1 aromatic rings. The predicted octanol–water partition coefficient (Wildman–Crippen LogP) is 2.09. The highest BCUT2D eigenvalue weighted by molar-refractivity contribution is 5.99. The minimum atomic E-state index is -0.00175. The first-order valence-electron chi connectivity index (χ1n) is 7.78. The van der Waals surface area contributed by atoms with Crippen LogP contribution >= 0.6 is 0 Å². The summed E-state index contributed by atoms with van der Waals surface area (Å²) in [5.41, 5.74) is 0.989. The third-order valence-electron chi connectivity index (χ3n) is 4.79. The molecule has 4 nitrogen and oxygen atoms in total. The summed E-state index contributed by atoms with van der Waals surface area (Å²) in [6.07, 6.45) is 2.67. The maximum absolute atomic E-state index is 12.6. The Morgan fingerprint density at radius 1 is 1.05 bits per heavy atom. The topological polar surface area (TPSA) is 40.6 Å².